The predicted molar refractivity (Wildman–Crippen MR) is 63.2 cm³/mol. The molecule has 0 radical (unpaired) electrons. The van der Waals surface area contributed by atoms with Crippen molar-refractivity contribution in [1.82, 2.24) is 9.55 Å². The summed E-state index contributed by atoms with van der Waals surface area (Å²) < 4.78 is 7.74. The number of hydrogen-bond acceptors (Lipinski definition) is 3. The molecule has 2 rings (SSSR count). The van der Waals surface area contributed by atoms with Crippen LogP contribution in [0.4, 0.5) is 0 Å². The summed E-state index contributed by atoms with van der Waals surface area (Å²) in [7, 11) is 0. The largest absolute Gasteiger partial charge is 0.378 e. The molecule has 1 saturated heterocycles. The molecule has 0 saturated carbocycles. The van der Waals surface area contributed by atoms with Gasteiger partial charge in [-0.1, -0.05) is 0 Å². The summed E-state index contributed by atoms with van der Waals surface area (Å²) in [5.74, 6) is 1.09. The smallest absolute Gasteiger partial charge is 0.110 e. The van der Waals surface area contributed by atoms with E-state index in [1.165, 1.54) is 6.42 Å². The zero-order valence-corrected chi connectivity index (χ0v) is 9.93. The van der Waals surface area contributed by atoms with Crippen molar-refractivity contribution in [2.45, 2.75) is 51.3 Å². The molecule has 0 amide bonds. The van der Waals surface area contributed by atoms with Crippen molar-refractivity contribution < 1.29 is 4.74 Å². The first-order chi connectivity index (χ1) is 7.79. The Morgan fingerprint density at radius 1 is 1.69 bits per heavy atom. The van der Waals surface area contributed by atoms with E-state index >= 15 is 0 Å². The molecular weight excluding hydrogens is 202 g/mol. The Bertz CT molecular complexity index is 318. The topological polar surface area (TPSA) is 53.1 Å². The van der Waals surface area contributed by atoms with Crippen LogP contribution in [0.5, 0.6) is 0 Å². The van der Waals surface area contributed by atoms with Gasteiger partial charge in [-0.3, -0.25) is 0 Å². The minimum atomic E-state index is 0.163. The number of aryl methyl sites for hydroxylation is 1. The van der Waals surface area contributed by atoms with Gasteiger partial charge < -0.3 is 15.0 Å². The highest BCUT2D eigenvalue weighted by molar-refractivity contribution is 4.95. The summed E-state index contributed by atoms with van der Waals surface area (Å²) in [6.07, 6.45) is 8.37. The van der Waals surface area contributed by atoms with E-state index in [0.717, 1.165) is 38.2 Å². The van der Waals surface area contributed by atoms with Crippen LogP contribution in [-0.2, 0) is 17.7 Å². The number of hydrogen-bond donors (Lipinski definition) is 1. The van der Waals surface area contributed by atoms with Gasteiger partial charge in [-0.15, -0.1) is 0 Å². The summed E-state index contributed by atoms with van der Waals surface area (Å²) in [4.78, 5) is 4.34. The predicted octanol–water partition coefficient (Wildman–Crippen LogP) is 1.34. The highest BCUT2D eigenvalue weighted by Crippen LogP contribution is 2.17. The van der Waals surface area contributed by atoms with Crippen molar-refractivity contribution in [1.29, 1.82) is 0 Å². The van der Waals surface area contributed by atoms with Crippen LogP contribution in [0.2, 0.25) is 0 Å². The maximum atomic E-state index is 6.13. The molecule has 2 unspecified atom stereocenters. The van der Waals surface area contributed by atoms with Gasteiger partial charge in [0.15, 0.2) is 0 Å². The van der Waals surface area contributed by atoms with E-state index in [1.807, 2.05) is 12.4 Å². The van der Waals surface area contributed by atoms with E-state index < -0.39 is 0 Å². The van der Waals surface area contributed by atoms with Crippen LogP contribution < -0.4 is 5.73 Å². The highest BCUT2D eigenvalue weighted by Gasteiger charge is 2.19. The van der Waals surface area contributed by atoms with Crippen LogP contribution in [-0.4, -0.2) is 28.3 Å². The first-order valence-electron chi connectivity index (χ1n) is 6.16. The second-order valence-corrected chi connectivity index (χ2v) is 4.46. The van der Waals surface area contributed by atoms with Crippen LogP contribution in [0, 0.1) is 0 Å². The second-order valence-electron chi connectivity index (χ2n) is 4.46. The van der Waals surface area contributed by atoms with Gasteiger partial charge in [0, 0.05) is 38.0 Å². The Morgan fingerprint density at radius 2 is 2.56 bits per heavy atom. The Hall–Kier alpha value is -0.870. The highest BCUT2D eigenvalue weighted by atomic mass is 16.5. The summed E-state index contributed by atoms with van der Waals surface area (Å²) in [5.41, 5.74) is 6.13. The van der Waals surface area contributed by atoms with Gasteiger partial charge in [0.05, 0.1) is 6.10 Å². The number of ether oxygens (including phenoxy) is 1. The SMILES string of the molecule is CCn1ccnc1CC(N)CC1CCCO1. The number of rotatable bonds is 5. The third kappa shape index (κ3) is 2.83. The number of imidazole rings is 1. The molecule has 0 aliphatic carbocycles. The van der Waals surface area contributed by atoms with Crippen molar-refractivity contribution in [2.75, 3.05) is 6.61 Å². The van der Waals surface area contributed by atoms with E-state index in [9.17, 15) is 0 Å². The molecule has 2 heterocycles. The van der Waals surface area contributed by atoms with Gasteiger partial charge in [-0.25, -0.2) is 4.98 Å². The first-order valence-corrected chi connectivity index (χ1v) is 6.16. The minimum absolute atomic E-state index is 0.163. The van der Waals surface area contributed by atoms with E-state index in [2.05, 4.69) is 16.5 Å². The fourth-order valence-electron chi connectivity index (χ4n) is 2.30. The molecule has 0 spiro atoms. The lowest BCUT2D eigenvalue weighted by molar-refractivity contribution is 0.0981. The maximum absolute atomic E-state index is 6.13. The van der Waals surface area contributed by atoms with Gasteiger partial charge in [-0.05, 0) is 26.2 Å². The van der Waals surface area contributed by atoms with Crippen LogP contribution in [0.1, 0.15) is 32.0 Å². The summed E-state index contributed by atoms with van der Waals surface area (Å²) >= 11 is 0. The van der Waals surface area contributed by atoms with E-state index in [1.54, 1.807) is 0 Å². The molecule has 90 valence electrons. The fraction of sp³-hybridized carbons (Fsp3) is 0.750. The second kappa shape index (κ2) is 5.46. The average Bonchev–Trinajstić information content (AvgIpc) is 2.88. The lowest BCUT2D eigenvalue weighted by Crippen LogP contribution is -2.29. The lowest BCUT2D eigenvalue weighted by atomic mass is 10.0. The standard InChI is InChI=1S/C12H21N3O/c1-2-15-6-5-14-12(15)9-10(13)8-11-4-3-7-16-11/h5-6,10-11H,2-4,7-9,13H2,1H3. The van der Waals surface area contributed by atoms with Gasteiger partial charge in [0.2, 0.25) is 0 Å². The molecule has 0 aromatic carbocycles. The average molecular weight is 223 g/mol. The van der Waals surface area contributed by atoms with Gasteiger partial charge in [-0.2, -0.15) is 0 Å². The molecule has 4 nitrogen and oxygen atoms in total. The van der Waals surface area contributed by atoms with Gasteiger partial charge in [0.1, 0.15) is 5.82 Å². The molecule has 2 N–H and O–H groups in total. The van der Waals surface area contributed by atoms with Gasteiger partial charge in [0.25, 0.3) is 0 Å². The van der Waals surface area contributed by atoms with Crippen LogP contribution in [0.15, 0.2) is 12.4 Å². The molecule has 2 atom stereocenters. The first kappa shape index (κ1) is 11.6. The molecule has 1 aliphatic heterocycles. The fourth-order valence-corrected chi connectivity index (χ4v) is 2.30. The lowest BCUT2D eigenvalue weighted by Gasteiger charge is -2.16. The van der Waals surface area contributed by atoms with Crippen LogP contribution in [0.25, 0.3) is 0 Å². The van der Waals surface area contributed by atoms with Crippen LogP contribution >= 0.6 is 0 Å². The molecule has 16 heavy (non-hydrogen) atoms. The summed E-state index contributed by atoms with van der Waals surface area (Å²) in [6, 6.07) is 0.163. The van der Waals surface area contributed by atoms with E-state index in [4.69, 9.17) is 10.5 Å². The zero-order valence-electron chi connectivity index (χ0n) is 9.93. The molecule has 1 fully saturated rings. The maximum Gasteiger partial charge on any atom is 0.110 e. The van der Waals surface area contributed by atoms with Crippen molar-refractivity contribution in [3.05, 3.63) is 18.2 Å². The Balaban J connectivity index is 1.84. The normalized spacial score (nSPS) is 22.5. The molecule has 0 bridgehead atoms. The number of nitrogens with zero attached hydrogens (tertiary/aromatic N) is 2. The van der Waals surface area contributed by atoms with Crippen molar-refractivity contribution >= 4 is 0 Å². The quantitative estimate of drug-likeness (QED) is 0.819. The molecule has 1 aromatic rings. The van der Waals surface area contributed by atoms with Crippen LogP contribution in [0.3, 0.4) is 0 Å². The van der Waals surface area contributed by atoms with E-state index in [0.29, 0.717) is 6.10 Å². The molecule has 4 heteroatoms. The number of aromatic nitrogens is 2. The van der Waals surface area contributed by atoms with E-state index in [-0.39, 0.29) is 6.04 Å². The zero-order chi connectivity index (χ0) is 11.4. The molecule has 1 aromatic heterocycles. The minimum Gasteiger partial charge on any atom is -0.378 e. The Morgan fingerprint density at radius 3 is 3.25 bits per heavy atom. The Kier molecular flexibility index (Phi) is 3.96. The summed E-state index contributed by atoms with van der Waals surface area (Å²) in [6.45, 7) is 3.99. The van der Waals surface area contributed by atoms with Crippen molar-refractivity contribution in [2.24, 2.45) is 5.73 Å². The van der Waals surface area contributed by atoms with Gasteiger partial charge >= 0.3 is 0 Å². The van der Waals surface area contributed by atoms with Crippen molar-refractivity contribution in [3.63, 3.8) is 0 Å². The molecule has 1 aliphatic rings. The van der Waals surface area contributed by atoms with Crippen molar-refractivity contribution in [3.8, 4) is 0 Å². The number of nitrogens with two attached hydrogens (primary N) is 1. The third-order valence-corrected chi connectivity index (χ3v) is 3.18. The summed E-state index contributed by atoms with van der Waals surface area (Å²) in [5, 5.41) is 0. The third-order valence-electron chi connectivity index (χ3n) is 3.18. The monoisotopic (exact) mass is 223 g/mol. The Labute approximate surface area is 96.8 Å². The molecular formula is C12H21N3O.